The smallest absolute Gasteiger partial charge is 0.335 e. The summed E-state index contributed by atoms with van der Waals surface area (Å²) in [5, 5.41) is 9.62. The molecule has 0 aliphatic carbocycles. The standard InChI is InChI=1S/C24H26ClN3O2/c1-3-18-15-24(16-28(18)20-8-9-22(26-2)21(25)14-20)10-12-27(13-11-24)19-6-4-17(5-7-19)23(29)30/h4-9,14,18H,3,10-13,15-16H2,1H3,(H,29,30)/t18-/m0/s1. The van der Waals surface area contributed by atoms with Gasteiger partial charge in [-0.1, -0.05) is 24.6 Å². The monoisotopic (exact) mass is 423 g/mol. The molecule has 2 aromatic carbocycles. The number of anilines is 2. The number of hydrogen-bond acceptors (Lipinski definition) is 3. The van der Waals surface area contributed by atoms with Crippen molar-refractivity contribution in [3.05, 3.63) is 64.5 Å². The maximum absolute atomic E-state index is 11.1. The number of piperidine rings is 1. The van der Waals surface area contributed by atoms with Crippen LogP contribution in [-0.2, 0) is 0 Å². The summed E-state index contributed by atoms with van der Waals surface area (Å²) in [7, 11) is 0. The van der Waals surface area contributed by atoms with Crippen LogP contribution in [0.1, 0.15) is 43.0 Å². The first kappa shape index (κ1) is 20.6. The number of carboxylic acid groups (broad SMARTS) is 1. The van der Waals surface area contributed by atoms with E-state index in [0.717, 1.165) is 50.3 Å². The van der Waals surface area contributed by atoms with Crippen LogP contribution in [0.25, 0.3) is 4.85 Å². The third kappa shape index (κ3) is 3.85. The highest BCUT2D eigenvalue weighted by Gasteiger charge is 2.45. The molecule has 0 amide bonds. The van der Waals surface area contributed by atoms with E-state index in [9.17, 15) is 4.79 Å². The Bertz CT molecular complexity index is 975. The van der Waals surface area contributed by atoms with Crippen LogP contribution in [-0.4, -0.2) is 36.8 Å². The molecule has 0 saturated carbocycles. The van der Waals surface area contributed by atoms with Crippen molar-refractivity contribution in [2.24, 2.45) is 5.41 Å². The molecule has 1 spiro atoms. The molecule has 156 valence electrons. The van der Waals surface area contributed by atoms with Crippen LogP contribution in [0.2, 0.25) is 5.02 Å². The molecule has 2 heterocycles. The minimum Gasteiger partial charge on any atom is -0.478 e. The Morgan fingerprint density at radius 2 is 1.87 bits per heavy atom. The molecular weight excluding hydrogens is 398 g/mol. The highest BCUT2D eigenvalue weighted by molar-refractivity contribution is 6.33. The van der Waals surface area contributed by atoms with Gasteiger partial charge in [0.2, 0.25) is 5.69 Å². The van der Waals surface area contributed by atoms with E-state index in [2.05, 4.69) is 21.6 Å². The predicted octanol–water partition coefficient (Wildman–Crippen LogP) is 5.86. The van der Waals surface area contributed by atoms with Crippen molar-refractivity contribution in [1.82, 2.24) is 0 Å². The highest BCUT2D eigenvalue weighted by Crippen LogP contribution is 2.47. The molecule has 5 nitrogen and oxygen atoms in total. The maximum Gasteiger partial charge on any atom is 0.335 e. The third-order valence-corrected chi connectivity index (χ3v) is 7.08. The number of benzene rings is 2. The molecule has 0 unspecified atom stereocenters. The van der Waals surface area contributed by atoms with E-state index in [0.29, 0.717) is 27.7 Å². The Morgan fingerprint density at radius 1 is 1.20 bits per heavy atom. The molecule has 2 aromatic rings. The second-order valence-electron chi connectivity index (χ2n) is 8.48. The van der Waals surface area contributed by atoms with E-state index in [-0.39, 0.29) is 0 Å². The average molecular weight is 424 g/mol. The van der Waals surface area contributed by atoms with Gasteiger partial charge in [0.15, 0.2) is 0 Å². The molecule has 2 aliphatic heterocycles. The van der Waals surface area contributed by atoms with Crippen LogP contribution in [0.5, 0.6) is 0 Å². The second-order valence-corrected chi connectivity index (χ2v) is 8.89. The lowest BCUT2D eigenvalue weighted by molar-refractivity contribution is 0.0697. The molecule has 6 heteroatoms. The predicted molar refractivity (Wildman–Crippen MR) is 121 cm³/mol. The summed E-state index contributed by atoms with van der Waals surface area (Å²) in [4.78, 5) is 19.4. The van der Waals surface area contributed by atoms with E-state index in [1.807, 2.05) is 30.3 Å². The van der Waals surface area contributed by atoms with Crippen molar-refractivity contribution >= 4 is 34.6 Å². The summed E-state index contributed by atoms with van der Waals surface area (Å²) in [6, 6.07) is 13.5. The lowest BCUT2D eigenvalue weighted by atomic mass is 9.76. The number of aromatic carboxylic acids is 1. The summed E-state index contributed by atoms with van der Waals surface area (Å²) in [5.41, 5.74) is 3.33. The number of carboxylic acids is 1. The van der Waals surface area contributed by atoms with E-state index < -0.39 is 5.97 Å². The normalized spacial score (nSPS) is 20.4. The Hall–Kier alpha value is -2.71. The molecule has 1 atom stereocenters. The quantitative estimate of drug-likeness (QED) is 0.625. The Morgan fingerprint density at radius 3 is 2.43 bits per heavy atom. The van der Waals surface area contributed by atoms with Gasteiger partial charge in [-0.25, -0.2) is 9.64 Å². The van der Waals surface area contributed by atoms with E-state index in [1.165, 1.54) is 6.42 Å². The van der Waals surface area contributed by atoms with Crippen LogP contribution in [0.15, 0.2) is 42.5 Å². The maximum atomic E-state index is 11.1. The average Bonchev–Trinajstić information content (AvgIpc) is 3.12. The molecule has 0 bridgehead atoms. The van der Waals surface area contributed by atoms with Crippen molar-refractivity contribution in [2.45, 2.75) is 38.6 Å². The number of hydrogen-bond donors (Lipinski definition) is 1. The minimum atomic E-state index is -0.889. The highest BCUT2D eigenvalue weighted by atomic mass is 35.5. The molecule has 2 saturated heterocycles. The largest absolute Gasteiger partial charge is 0.478 e. The van der Waals surface area contributed by atoms with E-state index in [1.54, 1.807) is 12.1 Å². The second kappa shape index (κ2) is 8.20. The van der Waals surface area contributed by atoms with Gasteiger partial charge >= 0.3 is 5.97 Å². The summed E-state index contributed by atoms with van der Waals surface area (Å²) < 4.78 is 0. The lowest BCUT2D eigenvalue weighted by Gasteiger charge is -2.40. The molecular formula is C24H26ClN3O2. The Labute approximate surface area is 182 Å². The van der Waals surface area contributed by atoms with Crippen LogP contribution in [0.3, 0.4) is 0 Å². The molecule has 1 N–H and O–H groups in total. The molecule has 2 aliphatic rings. The van der Waals surface area contributed by atoms with Gasteiger partial charge in [-0.2, -0.15) is 0 Å². The first-order valence-corrected chi connectivity index (χ1v) is 10.8. The zero-order valence-electron chi connectivity index (χ0n) is 17.1. The van der Waals surface area contributed by atoms with Crippen molar-refractivity contribution in [3.63, 3.8) is 0 Å². The SMILES string of the molecule is [C-]#[N+]c1ccc(N2CC3(CCN(c4ccc(C(=O)O)cc4)CC3)C[C@@H]2CC)cc1Cl. The van der Waals surface area contributed by atoms with Gasteiger partial charge in [0, 0.05) is 42.1 Å². The van der Waals surface area contributed by atoms with Gasteiger partial charge in [-0.05, 0) is 67.5 Å². The topological polar surface area (TPSA) is 48.1 Å². The number of halogens is 1. The molecule has 0 aromatic heterocycles. The fourth-order valence-electron chi connectivity index (χ4n) is 5.01. The summed E-state index contributed by atoms with van der Waals surface area (Å²) in [6.07, 6.45) is 4.50. The summed E-state index contributed by atoms with van der Waals surface area (Å²) in [6.45, 7) is 12.4. The lowest BCUT2D eigenvalue weighted by Crippen LogP contribution is -2.41. The van der Waals surface area contributed by atoms with Crippen molar-refractivity contribution in [3.8, 4) is 0 Å². The summed E-state index contributed by atoms with van der Waals surface area (Å²) >= 11 is 6.31. The van der Waals surface area contributed by atoms with Crippen LogP contribution >= 0.6 is 11.6 Å². The van der Waals surface area contributed by atoms with Crippen molar-refractivity contribution in [1.29, 1.82) is 0 Å². The zero-order valence-corrected chi connectivity index (χ0v) is 17.9. The molecule has 4 rings (SSSR count). The van der Waals surface area contributed by atoms with Gasteiger partial charge in [-0.3, -0.25) is 0 Å². The van der Waals surface area contributed by atoms with Gasteiger partial charge in [-0.15, -0.1) is 0 Å². The van der Waals surface area contributed by atoms with Crippen molar-refractivity contribution < 1.29 is 9.90 Å². The molecule has 30 heavy (non-hydrogen) atoms. The molecule has 2 fully saturated rings. The fraction of sp³-hybridized carbons (Fsp3) is 0.417. The number of carbonyl (C=O) groups is 1. The van der Waals surface area contributed by atoms with Crippen LogP contribution in [0, 0.1) is 12.0 Å². The zero-order chi connectivity index (χ0) is 21.3. The Balaban J connectivity index is 1.47. The Kier molecular flexibility index (Phi) is 5.62. The number of rotatable bonds is 4. The minimum absolute atomic E-state index is 0.295. The van der Waals surface area contributed by atoms with E-state index in [4.69, 9.17) is 23.3 Å². The van der Waals surface area contributed by atoms with Crippen LogP contribution in [0.4, 0.5) is 17.1 Å². The van der Waals surface area contributed by atoms with Gasteiger partial charge in [0.25, 0.3) is 0 Å². The van der Waals surface area contributed by atoms with Gasteiger partial charge in [0.05, 0.1) is 12.1 Å². The molecule has 0 radical (unpaired) electrons. The first-order valence-electron chi connectivity index (χ1n) is 10.5. The third-order valence-electron chi connectivity index (χ3n) is 6.77. The van der Waals surface area contributed by atoms with Gasteiger partial charge in [0.1, 0.15) is 0 Å². The van der Waals surface area contributed by atoms with Crippen LogP contribution < -0.4 is 9.80 Å². The summed E-state index contributed by atoms with van der Waals surface area (Å²) in [5.74, 6) is -0.889. The van der Waals surface area contributed by atoms with Gasteiger partial charge < -0.3 is 14.9 Å². The number of nitrogens with zero attached hydrogens (tertiary/aromatic N) is 3. The van der Waals surface area contributed by atoms with E-state index >= 15 is 0 Å². The van der Waals surface area contributed by atoms with Crippen molar-refractivity contribution in [2.75, 3.05) is 29.4 Å². The fourth-order valence-corrected chi connectivity index (χ4v) is 5.23. The first-order chi connectivity index (χ1) is 14.4.